The summed E-state index contributed by atoms with van der Waals surface area (Å²) in [4.78, 5) is 16.1. The molecule has 1 heterocycles. The molecule has 0 bridgehead atoms. The van der Waals surface area contributed by atoms with Crippen molar-refractivity contribution < 1.29 is 9.90 Å². The van der Waals surface area contributed by atoms with Crippen molar-refractivity contribution in [2.45, 2.75) is 56.6 Å². The molecule has 0 spiro atoms. The minimum atomic E-state index is -0.607. The van der Waals surface area contributed by atoms with E-state index >= 15 is 0 Å². The molecule has 1 saturated carbocycles. The lowest BCUT2D eigenvalue weighted by atomic mass is 9.81. The number of hydrogen-bond acceptors (Lipinski definition) is 4. The van der Waals surface area contributed by atoms with E-state index < -0.39 is 5.54 Å². The summed E-state index contributed by atoms with van der Waals surface area (Å²) >= 11 is 0. The van der Waals surface area contributed by atoms with Gasteiger partial charge in [-0.25, -0.2) is 0 Å². The van der Waals surface area contributed by atoms with Crippen molar-refractivity contribution in [2.75, 3.05) is 26.7 Å². The van der Waals surface area contributed by atoms with Crippen molar-refractivity contribution in [3.05, 3.63) is 0 Å². The Morgan fingerprint density at radius 2 is 2.10 bits per heavy atom. The Morgan fingerprint density at radius 3 is 2.70 bits per heavy atom. The van der Waals surface area contributed by atoms with Crippen molar-refractivity contribution in [3.63, 3.8) is 0 Å². The van der Waals surface area contributed by atoms with Crippen LogP contribution in [0.15, 0.2) is 0 Å². The molecule has 1 aliphatic carbocycles. The number of hydrogen-bond donors (Lipinski definition) is 1. The number of aliphatic hydroxyl groups excluding tert-OH is 1. The smallest absolute Gasteiger partial charge is 0.237 e. The van der Waals surface area contributed by atoms with Crippen molar-refractivity contribution in [3.8, 4) is 6.07 Å². The van der Waals surface area contributed by atoms with E-state index in [9.17, 15) is 15.2 Å². The lowest BCUT2D eigenvalue weighted by Gasteiger charge is -2.40. The van der Waals surface area contributed by atoms with E-state index in [1.165, 1.54) is 0 Å². The van der Waals surface area contributed by atoms with Gasteiger partial charge in [0.1, 0.15) is 5.54 Å². The molecule has 2 aliphatic rings. The van der Waals surface area contributed by atoms with E-state index in [1.807, 2.05) is 4.90 Å². The van der Waals surface area contributed by atoms with Crippen molar-refractivity contribution in [2.24, 2.45) is 0 Å². The zero-order valence-electron chi connectivity index (χ0n) is 12.3. The van der Waals surface area contributed by atoms with Gasteiger partial charge in [0.05, 0.1) is 18.7 Å². The van der Waals surface area contributed by atoms with Crippen LogP contribution in [0.3, 0.4) is 0 Å². The van der Waals surface area contributed by atoms with Crippen LogP contribution in [0.2, 0.25) is 0 Å². The maximum atomic E-state index is 12.4. The van der Waals surface area contributed by atoms with Gasteiger partial charge in [-0.1, -0.05) is 19.3 Å². The van der Waals surface area contributed by atoms with E-state index in [0.29, 0.717) is 13.1 Å². The summed E-state index contributed by atoms with van der Waals surface area (Å²) in [6, 6.07) is 2.38. The van der Waals surface area contributed by atoms with Gasteiger partial charge in [0.2, 0.25) is 5.91 Å². The highest BCUT2D eigenvalue weighted by atomic mass is 16.3. The highest BCUT2D eigenvalue weighted by Crippen LogP contribution is 2.32. The average Bonchev–Trinajstić information content (AvgIpc) is 2.47. The van der Waals surface area contributed by atoms with Crippen LogP contribution in [0.25, 0.3) is 0 Å². The van der Waals surface area contributed by atoms with Crippen molar-refractivity contribution >= 4 is 5.91 Å². The molecular weight excluding hydrogens is 254 g/mol. The molecule has 2 fully saturated rings. The molecule has 0 radical (unpaired) electrons. The van der Waals surface area contributed by atoms with Crippen LogP contribution in [0.4, 0.5) is 0 Å². The van der Waals surface area contributed by atoms with E-state index in [-0.39, 0.29) is 12.0 Å². The number of nitriles is 1. The topological polar surface area (TPSA) is 67.6 Å². The molecule has 1 N–H and O–H groups in total. The molecule has 0 aromatic rings. The average molecular weight is 279 g/mol. The Labute approximate surface area is 121 Å². The van der Waals surface area contributed by atoms with Gasteiger partial charge in [-0.2, -0.15) is 5.26 Å². The molecule has 112 valence electrons. The van der Waals surface area contributed by atoms with Gasteiger partial charge >= 0.3 is 0 Å². The summed E-state index contributed by atoms with van der Waals surface area (Å²) in [5.74, 6) is 0.00236. The maximum absolute atomic E-state index is 12.4. The molecule has 20 heavy (non-hydrogen) atoms. The molecule has 1 saturated heterocycles. The normalized spacial score (nSPS) is 26.8. The zero-order chi connectivity index (χ0) is 14.6. The first-order chi connectivity index (χ1) is 9.57. The first-order valence-corrected chi connectivity index (χ1v) is 7.66. The van der Waals surface area contributed by atoms with E-state index in [1.54, 1.807) is 11.9 Å². The summed E-state index contributed by atoms with van der Waals surface area (Å²) in [6.45, 7) is 1.74. The number of carbonyl (C=O) groups is 1. The van der Waals surface area contributed by atoms with Crippen LogP contribution >= 0.6 is 0 Å². The van der Waals surface area contributed by atoms with Crippen LogP contribution in [0.5, 0.6) is 0 Å². The fourth-order valence-electron chi connectivity index (χ4n) is 3.37. The number of carbonyl (C=O) groups excluding carboxylic acids is 1. The fourth-order valence-corrected chi connectivity index (χ4v) is 3.37. The molecule has 1 atom stereocenters. The predicted molar refractivity (Wildman–Crippen MR) is 75.9 cm³/mol. The van der Waals surface area contributed by atoms with E-state index in [2.05, 4.69) is 6.07 Å². The molecule has 0 aromatic heterocycles. The number of β-amino-alcohol motifs (C(OH)–C–C–N with tert-alkyl or cyclic N) is 1. The lowest BCUT2D eigenvalue weighted by molar-refractivity contribution is -0.136. The highest BCUT2D eigenvalue weighted by Gasteiger charge is 2.39. The molecule has 5 heteroatoms. The van der Waals surface area contributed by atoms with Gasteiger partial charge in [-0.05, 0) is 32.2 Å². The van der Waals surface area contributed by atoms with Crippen LogP contribution in [0, 0.1) is 11.3 Å². The summed E-state index contributed by atoms with van der Waals surface area (Å²) in [7, 11) is 1.76. The number of amides is 1. The highest BCUT2D eigenvalue weighted by molar-refractivity contribution is 5.79. The van der Waals surface area contributed by atoms with Crippen molar-refractivity contribution in [1.29, 1.82) is 5.26 Å². The second-order valence-electron chi connectivity index (χ2n) is 6.19. The standard InChI is InChI=1S/C15H25N3O2/c1-17(15(12-16)7-3-2-4-8-15)14(20)11-18-9-5-6-13(19)10-18/h13,19H,2-11H2,1H3. The largest absolute Gasteiger partial charge is 0.392 e. The number of piperidine rings is 1. The zero-order valence-corrected chi connectivity index (χ0v) is 12.3. The molecular formula is C15H25N3O2. The molecule has 2 rings (SSSR count). The van der Waals surface area contributed by atoms with Crippen LogP contribution < -0.4 is 0 Å². The minimum Gasteiger partial charge on any atom is -0.392 e. The number of nitrogens with zero attached hydrogens (tertiary/aromatic N) is 3. The molecule has 1 unspecified atom stereocenters. The van der Waals surface area contributed by atoms with Crippen LogP contribution in [0.1, 0.15) is 44.9 Å². The summed E-state index contributed by atoms with van der Waals surface area (Å²) < 4.78 is 0. The van der Waals surface area contributed by atoms with Gasteiger partial charge in [0.25, 0.3) is 0 Å². The predicted octanol–water partition coefficient (Wildman–Crippen LogP) is 1.13. The summed E-state index contributed by atoms with van der Waals surface area (Å²) in [5.41, 5.74) is -0.607. The number of likely N-dealkylation sites (tertiary alicyclic amines) is 1. The third-order valence-corrected chi connectivity index (χ3v) is 4.74. The second kappa shape index (κ2) is 6.55. The molecule has 1 aliphatic heterocycles. The Bertz CT molecular complexity index is 385. The van der Waals surface area contributed by atoms with Crippen LogP contribution in [-0.4, -0.2) is 59.1 Å². The van der Waals surface area contributed by atoms with Gasteiger partial charge in [0.15, 0.2) is 0 Å². The minimum absolute atomic E-state index is 0.00236. The summed E-state index contributed by atoms with van der Waals surface area (Å²) in [5, 5.41) is 19.2. The third-order valence-electron chi connectivity index (χ3n) is 4.74. The maximum Gasteiger partial charge on any atom is 0.237 e. The lowest BCUT2D eigenvalue weighted by Crippen LogP contribution is -2.53. The van der Waals surface area contributed by atoms with Gasteiger partial charge in [0, 0.05) is 13.6 Å². The first kappa shape index (κ1) is 15.3. The summed E-state index contributed by atoms with van der Waals surface area (Å²) in [6.07, 6.45) is 6.21. The first-order valence-electron chi connectivity index (χ1n) is 7.66. The van der Waals surface area contributed by atoms with Crippen LogP contribution in [-0.2, 0) is 4.79 Å². The van der Waals surface area contributed by atoms with Gasteiger partial charge < -0.3 is 10.0 Å². The SMILES string of the molecule is CN(C(=O)CN1CCCC(O)C1)C1(C#N)CCCCC1. The molecule has 5 nitrogen and oxygen atoms in total. The van der Waals surface area contributed by atoms with Crippen molar-refractivity contribution in [1.82, 2.24) is 9.80 Å². The number of rotatable bonds is 3. The van der Waals surface area contributed by atoms with E-state index in [4.69, 9.17) is 0 Å². The number of likely N-dealkylation sites (N-methyl/N-ethyl adjacent to an activating group) is 1. The number of aliphatic hydroxyl groups is 1. The van der Waals surface area contributed by atoms with Gasteiger partial charge in [-0.3, -0.25) is 9.69 Å². The third kappa shape index (κ3) is 3.31. The monoisotopic (exact) mass is 279 g/mol. The van der Waals surface area contributed by atoms with Gasteiger partial charge in [-0.15, -0.1) is 0 Å². The molecule has 1 amide bonds. The Kier molecular flexibility index (Phi) is 5.00. The fraction of sp³-hybridized carbons (Fsp3) is 0.867. The Balaban J connectivity index is 1.95. The Hall–Kier alpha value is -1.12. The second-order valence-corrected chi connectivity index (χ2v) is 6.19. The molecule has 0 aromatic carbocycles. The Morgan fingerprint density at radius 1 is 1.40 bits per heavy atom. The van der Waals surface area contributed by atoms with E-state index in [0.717, 1.165) is 51.5 Å². The quantitative estimate of drug-likeness (QED) is 0.841.